The first-order valence-corrected chi connectivity index (χ1v) is 5.10. The minimum Gasteiger partial charge on any atom is -0.395 e. The molecule has 13 heavy (non-hydrogen) atoms. The van der Waals surface area contributed by atoms with Gasteiger partial charge in [-0.3, -0.25) is 9.80 Å². The molecule has 4 heteroatoms. The zero-order valence-corrected chi connectivity index (χ0v) is 8.45. The number of nitrogens with two attached hydrogens (primary N) is 1. The van der Waals surface area contributed by atoms with E-state index in [1.165, 1.54) is 0 Å². The predicted octanol–water partition coefficient (Wildman–Crippen LogP) is -0.709. The van der Waals surface area contributed by atoms with Crippen LogP contribution in [0.2, 0.25) is 0 Å². The van der Waals surface area contributed by atoms with Crippen molar-refractivity contribution in [1.29, 1.82) is 0 Å². The fourth-order valence-electron chi connectivity index (χ4n) is 1.72. The van der Waals surface area contributed by atoms with Gasteiger partial charge < -0.3 is 10.8 Å². The van der Waals surface area contributed by atoms with E-state index >= 15 is 0 Å². The Morgan fingerprint density at radius 1 is 1.31 bits per heavy atom. The average molecular weight is 187 g/mol. The van der Waals surface area contributed by atoms with Gasteiger partial charge in [0.05, 0.1) is 12.8 Å². The van der Waals surface area contributed by atoms with Crippen molar-refractivity contribution in [1.82, 2.24) is 9.80 Å². The molecule has 0 saturated carbocycles. The molecule has 1 unspecified atom stereocenters. The lowest BCUT2D eigenvalue weighted by atomic mass is 10.2. The minimum absolute atomic E-state index is 0.219. The van der Waals surface area contributed by atoms with Crippen molar-refractivity contribution >= 4 is 0 Å². The number of piperazine rings is 1. The Bertz CT molecular complexity index is 135. The van der Waals surface area contributed by atoms with Gasteiger partial charge in [-0.1, -0.05) is 6.92 Å². The van der Waals surface area contributed by atoms with Gasteiger partial charge in [0.2, 0.25) is 0 Å². The summed E-state index contributed by atoms with van der Waals surface area (Å²) in [7, 11) is 0. The first-order valence-electron chi connectivity index (χ1n) is 5.10. The largest absolute Gasteiger partial charge is 0.395 e. The third-order valence-electron chi connectivity index (χ3n) is 2.71. The van der Waals surface area contributed by atoms with Crippen molar-refractivity contribution in [2.45, 2.75) is 19.5 Å². The fourth-order valence-corrected chi connectivity index (χ4v) is 1.72. The number of nitrogens with zero attached hydrogens (tertiary/aromatic N) is 2. The Morgan fingerprint density at radius 3 is 2.38 bits per heavy atom. The smallest absolute Gasteiger partial charge is 0.0570 e. The maximum Gasteiger partial charge on any atom is 0.0570 e. The van der Waals surface area contributed by atoms with E-state index in [0.717, 1.165) is 39.1 Å². The Labute approximate surface area is 80.3 Å². The summed E-state index contributed by atoms with van der Waals surface area (Å²) >= 11 is 0. The molecule has 3 N–H and O–H groups in total. The molecule has 0 aliphatic carbocycles. The summed E-state index contributed by atoms with van der Waals surface area (Å²) in [6, 6.07) is 0. The van der Waals surface area contributed by atoms with Gasteiger partial charge in [0.1, 0.15) is 0 Å². The molecule has 1 aliphatic heterocycles. The normalized spacial score (nSPS) is 23.3. The van der Waals surface area contributed by atoms with Crippen molar-refractivity contribution < 1.29 is 5.11 Å². The molecule has 1 rings (SSSR count). The zero-order chi connectivity index (χ0) is 9.68. The third-order valence-corrected chi connectivity index (χ3v) is 2.71. The van der Waals surface area contributed by atoms with Gasteiger partial charge in [0, 0.05) is 32.7 Å². The van der Waals surface area contributed by atoms with Gasteiger partial charge in [-0.2, -0.15) is 0 Å². The van der Waals surface area contributed by atoms with E-state index < -0.39 is 0 Å². The second kappa shape index (κ2) is 5.54. The molecule has 1 aliphatic rings. The number of hydrogen-bond donors (Lipinski definition) is 2. The number of aliphatic hydroxyl groups is 1. The summed E-state index contributed by atoms with van der Waals surface area (Å²) in [5, 5.41) is 8.76. The Morgan fingerprint density at radius 2 is 1.92 bits per heavy atom. The number of aliphatic hydroxyl groups excluding tert-OH is 1. The quantitative estimate of drug-likeness (QED) is 0.610. The summed E-state index contributed by atoms with van der Waals surface area (Å²) in [4.78, 5) is 4.59. The molecule has 78 valence electrons. The monoisotopic (exact) mass is 187 g/mol. The van der Waals surface area contributed by atoms with E-state index in [1.54, 1.807) is 0 Å². The predicted molar refractivity (Wildman–Crippen MR) is 53.4 cm³/mol. The minimum atomic E-state index is 0.219. The van der Waals surface area contributed by atoms with Gasteiger partial charge >= 0.3 is 0 Å². The van der Waals surface area contributed by atoms with E-state index in [1.807, 2.05) is 0 Å². The summed E-state index contributed by atoms with van der Waals surface area (Å²) in [6.45, 7) is 7.33. The van der Waals surface area contributed by atoms with Crippen LogP contribution in [0.1, 0.15) is 13.3 Å². The van der Waals surface area contributed by atoms with Gasteiger partial charge in [-0.15, -0.1) is 0 Å². The topological polar surface area (TPSA) is 52.7 Å². The molecule has 0 aromatic rings. The molecular formula is C9H21N3O. The molecule has 1 atom stereocenters. The molecular weight excluding hydrogens is 166 g/mol. The summed E-state index contributed by atoms with van der Waals surface area (Å²) < 4.78 is 0. The molecule has 4 nitrogen and oxygen atoms in total. The molecule has 0 amide bonds. The lowest BCUT2D eigenvalue weighted by Crippen LogP contribution is -2.53. The second-order valence-corrected chi connectivity index (χ2v) is 3.58. The Hall–Kier alpha value is -0.160. The third kappa shape index (κ3) is 3.23. The van der Waals surface area contributed by atoms with E-state index in [9.17, 15) is 0 Å². The van der Waals surface area contributed by atoms with Crippen LogP contribution in [0.15, 0.2) is 0 Å². The van der Waals surface area contributed by atoms with Crippen LogP contribution in [0, 0.1) is 0 Å². The lowest BCUT2D eigenvalue weighted by Gasteiger charge is -2.37. The average Bonchev–Trinajstić information content (AvgIpc) is 2.18. The van der Waals surface area contributed by atoms with Crippen molar-refractivity contribution in [3.8, 4) is 0 Å². The van der Waals surface area contributed by atoms with E-state index in [-0.39, 0.29) is 12.8 Å². The molecule has 0 aromatic carbocycles. The highest BCUT2D eigenvalue weighted by Crippen LogP contribution is 2.04. The van der Waals surface area contributed by atoms with Crippen LogP contribution in [0.25, 0.3) is 0 Å². The molecule has 0 spiro atoms. The van der Waals surface area contributed by atoms with Crippen LogP contribution in [0.5, 0.6) is 0 Å². The zero-order valence-electron chi connectivity index (χ0n) is 8.45. The van der Waals surface area contributed by atoms with Crippen molar-refractivity contribution in [2.75, 3.05) is 39.3 Å². The molecule has 1 saturated heterocycles. The van der Waals surface area contributed by atoms with Crippen LogP contribution in [-0.2, 0) is 0 Å². The maximum absolute atomic E-state index is 8.76. The Balaban J connectivity index is 2.22. The van der Waals surface area contributed by atoms with Crippen LogP contribution in [0.3, 0.4) is 0 Å². The van der Waals surface area contributed by atoms with Gasteiger partial charge in [0.15, 0.2) is 0 Å². The van der Waals surface area contributed by atoms with Crippen molar-refractivity contribution in [3.05, 3.63) is 0 Å². The standard InChI is InChI=1S/C9H21N3O/c1-2-9(10)12-5-3-11(4-6-12)7-8-13/h9,13H,2-8,10H2,1H3. The Kier molecular flexibility index (Phi) is 4.66. The molecule has 0 radical (unpaired) electrons. The van der Waals surface area contributed by atoms with Crippen molar-refractivity contribution in [3.63, 3.8) is 0 Å². The first kappa shape index (κ1) is 10.9. The van der Waals surface area contributed by atoms with Crippen molar-refractivity contribution in [2.24, 2.45) is 5.73 Å². The first-order chi connectivity index (χ1) is 6.27. The lowest BCUT2D eigenvalue weighted by molar-refractivity contribution is 0.0840. The van der Waals surface area contributed by atoms with Gasteiger partial charge in [-0.05, 0) is 6.42 Å². The van der Waals surface area contributed by atoms with Crippen LogP contribution in [-0.4, -0.2) is 60.4 Å². The summed E-state index contributed by atoms with van der Waals surface area (Å²) in [5.41, 5.74) is 5.93. The van der Waals surface area contributed by atoms with Crippen LogP contribution >= 0.6 is 0 Å². The van der Waals surface area contributed by atoms with E-state index in [4.69, 9.17) is 10.8 Å². The highest BCUT2D eigenvalue weighted by Gasteiger charge is 2.19. The fraction of sp³-hybridized carbons (Fsp3) is 1.00. The molecule has 1 heterocycles. The van der Waals surface area contributed by atoms with E-state index in [2.05, 4.69) is 16.7 Å². The van der Waals surface area contributed by atoms with Gasteiger partial charge in [-0.25, -0.2) is 0 Å². The number of rotatable bonds is 4. The van der Waals surface area contributed by atoms with Gasteiger partial charge in [0.25, 0.3) is 0 Å². The SMILES string of the molecule is CCC(N)N1CCN(CCO)CC1. The van der Waals surface area contributed by atoms with Crippen LogP contribution in [0.4, 0.5) is 0 Å². The molecule has 1 fully saturated rings. The van der Waals surface area contributed by atoms with Crippen LogP contribution < -0.4 is 5.73 Å². The highest BCUT2D eigenvalue weighted by molar-refractivity contribution is 4.74. The number of hydrogen-bond acceptors (Lipinski definition) is 4. The summed E-state index contributed by atoms with van der Waals surface area (Å²) in [5.74, 6) is 0. The summed E-state index contributed by atoms with van der Waals surface area (Å²) in [6.07, 6.45) is 1.23. The highest BCUT2D eigenvalue weighted by atomic mass is 16.3. The maximum atomic E-state index is 8.76. The molecule has 0 bridgehead atoms. The second-order valence-electron chi connectivity index (χ2n) is 3.58. The van der Waals surface area contributed by atoms with E-state index in [0.29, 0.717) is 0 Å². The number of β-amino-alcohol motifs (C(OH)–C–C–N with tert-alkyl or cyclic N) is 1. The molecule has 0 aromatic heterocycles.